The Kier molecular flexibility index (Phi) is 5.23. The van der Waals surface area contributed by atoms with Crippen LogP contribution in [-0.4, -0.2) is 25.3 Å². The SMILES string of the molecule is Cc1nc(Cc2nnc(SC(C)c3nc(-c4ccc(C)c(F)c4)no3)o2)cs1. The Morgan fingerprint density at radius 2 is 2.07 bits per heavy atom. The van der Waals surface area contributed by atoms with Crippen molar-refractivity contribution >= 4 is 23.1 Å². The third kappa shape index (κ3) is 4.12. The fourth-order valence-electron chi connectivity index (χ4n) is 2.45. The van der Waals surface area contributed by atoms with Crippen LogP contribution >= 0.6 is 23.1 Å². The lowest BCUT2D eigenvalue weighted by atomic mass is 10.1. The molecule has 0 saturated heterocycles. The van der Waals surface area contributed by atoms with Crippen LogP contribution in [0.1, 0.15) is 40.2 Å². The van der Waals surface area contributed by atoms with Crippen LogP contribution < -0.4 is 0 Å². The third-order valence-electron chi connectivity index (χ3n) is 3.94. The van der Waals surface area contributed by atoms with Gasteiger partial charge in [-0.2, -0.15) is 4.98 Å². The van der Waals surface area contributed by atoms with E-state index in [1.807, 2.05) is 19.2 Å². The average molecular weight is 417 g/mol. The highest BCUT2D eigenvalue weighted by molar-refractivity contribution is 7.99. The van der Waals surface area contributed by atoms with E-state index in [2.05, 4.69) is 25.3 Å². The molecule has 0 aliphatic carbocycles. The molecular weight excluding hydrogens is 401 g/mol. The maximum Gasteiger partial charge on any atom is 0.277 e. The van der Waals surface area contributed by atoms with Gasteiger partial charge in [0.2, 0.25) is 17.6 Å². The number of hydrogen-bond donors (Lipinski definition) is 0. The van der Waals surface area contributed by atoms with Gasteiger partial charge in [-0.25, -0.2) is 9.37 Å². The lowest BCUT2D eigenvalue weighted by molar-refractivity contribution is 0.378. The van der Waals surface area contributed by atoms with Gasteiger partial charge in [0.25, 0.3) is 5.22 Å². The zero-order valence-electron chi connectivity index (χ0n) is 15.3. The van der Waals surface area contributed by atoms with Crippen LogP contribution in [-0.2, 0) is 6.42 Å². The van der Waals surface area contributed by atoms with Gasteiger partial charge in [-0.15, -0.1) is 21.5 Å². The molecule has 0 spiro atoms. The Hall–Kier alpha value is -2.59. The van der Waals surface area contributed by atoms with Crippen LogP contribution in [0.2, 0.25) is 0 Å². The predicted octanol–water partition coefficient (Wildman–Crippen LogP) is 4.78. The molecule has 4 rings (SSSR count). The second kappa shape index (κ2) is 7.80. The van der Waals surface area contributed by atoms with Gasteiger partial charge in [-0.05, 0) is 32.4 Å². The molecule has 1 aromatic carbocycles. The lowest BCUT2D eigenvalue weighted by Gasteiger charge is -2.01. The van der Waals surface area contributed by atoms with Gasteiger partial charge < -0.3 is 8.94 Å². The number of thioether (sulfide) groups is 1. The molecule has 0 N–H and O–H groups in total. The molecule has 0 fully saturated rings. The Balaban J connectivity index is 1.43. The molecule has 3 aromatic heterocycles. The molecule has 3 heterocycles. The van der Waals surface area contributed by atoms with Gasteiger partial charge >= 0.3 is 0 Å². The first-order valence-corrected chi connectivity index (χ1v) is 10.2. The number of halogens is 1. The van der Waals surface area contributed by atoms with E-state index >= 15 is 0 Å². The van der Waals surface area contributed by atoms with Crippen molar-refractivity contribution in [2.24, 2.45) is 0 Å². The Morgan fingerprint density at radius 1 is 1.21 bits per heavy atom. The Labute approximate surface area is 168 Å². The maximum atomic E-state index is 13.8. The molecule has 0 aliphatic rings. The fraction of sp³-hybridized carbons (Fsp3) is 0.278. The van der Waals surface area contributed by atoms with Crippen molar-refractivity contribution in [2.75, 3.05) is 0 Å². The van der Waals surface area contributed by atoms with E-state index in [-0.39, 0.29) is 11.1 Å². The number of aryl methyl sites for hydroxylation is 2. The summed E-state index contributed by atoms with van der Waals surface area (Å²) < 4.78 is 24.8. The first-order valence-electron chi connectivity index (χ1n) is 8.48. The lowest BCUT2D eigenvalue weighted by Crippen LogP contribution is -1.90. The molecule has 0 aliphatic heterocycles. The van der Waals surface area contributed by atoms with Crippen molar-refractivity contribution in [3.8, 4) is 11.4 Å². The topological polar surface area (TPSA) is 90.7 Å². The van der Waals surface area contributed by atoms with Crippen LogP contribution in [0.3, 0.4) is 0 Å². The molecule has 0 radical (unpaired) electrons. The van der Waals surface area contributed by atoms with Gasteiger partial charge in [0.15, 0.2) is 0 Å². The zero-order valence-corrected chi connectivity index (χ0v) is 17.0. The number of thiazole rings is 1. The fourth-order valence-corrected chi connectivity index (χ4v) is 3.80. The van der Waals surface area contributed by atoms with Crippen molar-refractivity contribution < 1.29 is 13.3 Å². The van der Waals surface area contributed by atoms with E-state index in [4.69, 9.17) is 8.94 Å². The molecule has 144 valence electrons. The van der Waals surface area contributed by atoms with Crippen molar-refractivity contribution in [3.05, 3.63) is 57.4 Å². The summed E-state index contributed by atoms with van der Waals surface area (Å²) in [7, 11) is 0. The summed E-state index contributed by atoms with van der Waals surface area (Å²) in [4.78, 5) is 8.75. The first kappa shape index (κ1) is 18.8. The van der Waals surface area contributed by atoms with E-state index in [1.54, 1.807) is 30.4 Å². The minimum atomic E-state index is -0.306. The van der Waals surface area contributed by atoms with Gasteiger partial charge in [-0.3, -0.25) is 0 Å². The molecule has 1 atom stereocenters. The standard InChI is InChI=1S/C18H16FN5O2S2/c1-9-4-5-12(6-14(9)19)16-21-17(26-24-16)10(2)28-18-23-22-15(25-18)7-13-8-27-11(3)20-13/h4-6,8,10H,7H2,1-3H3. The van der Waals surface area contributed by atoms with E-state index in [0.29, 0.717) is 40.4 Å². The van der Waals surface area contributed by atoms with Gasteiger partial charge in [0.05, 0.1) is 22.4 Å². The van der Waals surface area contributed by atoms with Crippen molar-refractivity contribution in [1.82, 2.24) is 25.3 Å². The van der Waals surface area contributed by atoms with E-state index in [9.17, 15) is 4.39 Å². The number of hydrogen-bond acceptors (Lipinski definition) is 9. The molecular formula is C18H16FN5O2S2. The van der Waals surface area contributed by atoms with Crippen LogP contribution in [0.25, 0.3) is 11.4 Å². The summed E-state index contributed by atoms with van der Waals surface area (Å²) >= 11 is 2.90. The Bertz CT molecular complexity index is 1110. The highest BCUT2D eigenvalue weighted by atomic mass is 32.2. The van der Waals surface area contributed by atoms with Gasteiger partial charge in [0.1, 0.15) is 5.82 Å². The van der Waals surface area contributed by atoms with E-state index in [1.165, 1.54) is 17.8 Å². The van der Waals surface area contributed by atoms with E-state index < -0.39 is 0 Å². The van der Waals surface area contributed by atoms with Crippen molar-refractivity contribution in [3.63, 3.8) is 0 Å². The maximum absolute atomic E-state index is 13.8. The second-order valence-electron chi connectivity index (χ2n) is 6.18. The number of nitrogens with zero attached hydrogens (tertiary/aromatic N) is 5. The largest absolute Gasteiger partial charge is 0.416 e. The third-order valence-corrected chi connectivity index (χ3v) is 5.69. The molecule has 7 nitrogen and oxygen atoms in total. The van der Waals surface area contributed by atoms with Crippen molar-refractivity contribution in [1.29, 1.82) is 0 Å². The summed E-state index contributed by atoms with van der Waals surface area (Å²) in [5, 5.41) is 15.2. The predicted molar refractivity (Wildman–Crippen MR) is 103 cm³/mol. The smallest absolute Gasteiger partial charge is 0.277 e. The molecule has 1 unspecified atom stereocenters. The van der Waals surface area contributed by atoms with E-state index in [0.717, 1.165) is 10.7 Å². The van der Waals surface area contributed by atoms with Crippen LogP contribution in [0, 0.1) is 19.7 Å². The van der Waals surface area contributed by atoms with Crippen LogP contribution in [0.5, 0.6) is 0 Å². The second-order valence-corrected chi connectivity index (χ2v) is 8.53. The molecule has 4 aromatic rings. The molecule has 0 amide bonds. The first-order chi connectivity index (χ1) is 13.5. The minimum Gasteiger partial charge on any atom is -0.416 e. The Morgan fingerprint density at radius 3 is 2.82 bits per heavy atom. The highest BCUT2D eigenvalue weighted by Crippen LogP contribution is 2.34. The summed E-state index contributed by atoms with van der Waals surface area (Å²) in [6, 6.07) is 4.84. The number of benzene rings is 1. The van der Waals surface area contributed by atoms with Gasteiger partial charge in [-0.1, -0.05) is 29.1 Å². The van der Waals surface area contributed by atoms with Crippen LogP contribution in [0.15, 0.2) is 37.7 Å². The molecule has 0 bridgehead atoms. The zero-order chi connectivity index (χ0) is 19.7. The summed E-state index contributed by atoms with van der Waals surface area (Å²) in [6.07, 6.45) is 0.496. The van der Waals surface area contributed by atoms with Gasteiger partial charge in [0, 0.05) is 10.9 Å². The molecule has 28 heavy (non-hydrogen) atoms. The summed E-state index contributed by atoms with van der Waals surface area (Å²) in [5.41, 5.74) is 2.04. The average Bonchev–Trinajstić information content (AvgIpc) is 3.39. The molecule has 10 heteroatoms. The number of aromatic nitrogens is 5. The summed E-state index contributed by atoms with van der Waals surface area (Å²) in [5.74, 6) is 0.934. The normalized spacial score (nSPS) is 12.4. The molecule has 0 saturated carbocycles. The minimum absolute atomic E-state index is 0.202. The quantitative estimate of drug-likeness (QED) is 0.414. The highest BCUT2D eigenvalue weighted by Gasteiger charge is 2.20. The monoisotopic (exact) mass is 417 g/mol. The van der Waals surface area contributed by atoms with Crippen molar-refractivity contribution in [2.45, 2.75) is 37.7 Å². The number of rotatable bonds is 6. The summed E-state index contributed by atoms with van der Waals surface area (Å²) in [6.45, 7) is 5.55. The van der Waals surface area contributed by atoms with Crippen LogP contribution in [0.4, 0.5) is 4.39 Å².